The molecule has 2 N–H and O–H groups in total. The Bertz CT molecular complexity index is 439. The molecule has 1 aliphatic carbocycles. The molecular formula is C12H16N2O3. The Morgan fingerprint density at radius 3 is 2.88 bits per heavy atom. The van der Waals surface area contributed by atoms with Gasteiger partial charge in [-0.1, -0.05) is 11.2 Å². The van der Waals surface area contributed by atoms with Crippen LogP contribution in [0.1, 0.15) is 33.1 Å². The predicted octanol–water partition coefficient (Wildman–Crippen LogP) is 0.932. The van der Waals surface area contributed by atoms with Crippen molar-refractivity contribution in [1.82, 2.24) is 0 Å². The zero-order valence-electron chi connectivity index (χ0n) is 10.0. The Balaban J connectivity index is 2.10. The smallest absolute Gasteiger partial charge is 0.266 e. The number of hydrogen-bond acceptors (Lipinski definition) is 4. The van der Waals surface area contributed by atoms with Crippen molar-refractivity contribution in [3.63, 3.8) is 0 Å². The number of hydrogen-bond donors (Lipinski definition) is 1. The topological polar surface area (TPSA) is 81.8 Å². The van der Waals surface area contributed by atoms with Gasteiger partial charge in [0, 0.05) is 18.8 Å². The van der Waals surface area contributed by atoms with Gasteiger partial charge in [-0.3, -0.25) is 9.59 Å². The average molecular weight is 236 g/mol. The van der Waals surface area contributed by atoms with Crippen LogP contribution < -0.4 is 5.73 Å². The van der Waals surface area contributed by atoms with Gasteiger partial charge in [0.25, 0.3) is 5.91 Å². The van der Waals surface area contributed by atoms with E-state index in [0.29, 0.717) is 12.8 Å². The van der Waals surface area contributed by atoms with Crippen LogP contribution in [0.4, 0.5) is 0 Å². The van der Waals surface area contributed by atoms with Crippen LogP contribution in [-0.2, 0) is 14.4 Å². The molecule has 0 spiro atoms. The summed E-state index contributed by atoms with van der Waals surface area (Å²) in [5, 5.41) is 3.72. The Hall–Kier alpha value is -1.65. The molecule has 0 aromatic rings. The van der Waals surface area contributed by atoms with E-state index in [1.807, 2.05) is 19.9 Å². The monoisotopic (exact) mass is 236 g/mol. The lowest BCUT2D eigenvalue weighted by atomic mass is 9.76. The summed E-state index contributed by atoms with van der Waals surface area (Å²) in [6, 6.07) is 0. The Morgan fingerprint density at radius 2 is 2.35 bits per heavy atom. The van der Waals surface area contributed by atoms with E-state index in [4.69, 9.17) is 10.6 Å². The van der Waals surface area contributed by atoms with Crippen LogP contribution in [0.25, 0.3) is 0 Å². The molecule has 1 unspecified atom stereocenters. The fourth-order valence-corrected chi connectivity index (χ4v) is 2.27. The molecule has 0 radical (unpaired) electrons. The number of oxime groups is 1. The maximum Gasteiger partial charge on any atom is 0.266 e. The molecule has 2 rings (SSSR count). The summed E-state index contributed by atoms with van der Waals surface area (Å²) < 4.78 is 0. The van der Waals surface area contributed by atoms with Gasteiger partial charge < -0.3 is 10.6 Å². The summed E-state index contributed by atoms with van der Waals surface area (Å²) in [6.07, 6.45) is 3.52. The number of amides is 1. The summed E-state index contributed by atoms with van der Waals surface area (Å²) in [6.45, 7) is 3.70. The molecule has 2 aliphatic rings. The highest BCUT2D eigenvalue weighted by atomic mass is 16.7. The van der Waals surface area contributed by atoms with Gasteiger partial charge in [-0.25, -0.2) is 0 Å². The molecule has 2 atom stereocenters. The third kappa shape index (κ3) is 2.09. The van der Waals surface area contributed by atoms with Gasteiger partial charge in [0.15, 0.2) is 5.78 Å². The molecule has 92 valence electrons. The van der Waals surface area contributed by atoms with E-state index < -0.39 is 11.5 Å². The largest absolute Gasteiger partial charge is 0.388 e. The average Bonchev–Trinajstić information content (AvgIpc) is 2.66. The third-order valence-corrected chi connectivity index (χ3v) is 3.61. The number of rotatable bonds is 2. The molecule has 0 saturated heterocycles. The Labute approximate surface area is 99.7 Å². The fraction of sp³-hybridized carbons (Fsp3) is 0.583. The number of Topliss-reactive ketones (excluding diaryl/α,β-unsaturated/α-hetero) is 1. The zero-order chi connectivity index (χ0) is 12.6. The summed E-state index contributed by atoms with van der Waals surface area (Å²) in [5.41, 5.74) is 5.64. The number of carbonyl (C=O) groups is 2. The molecule has 1 heterocycles. The number of allylic oxidation sites excluding steroid dienone is 2. The summed E-state index contributed by atoms with van der Waals surface area (Å²) in [4.78, 5) is 28.0. The second kappa shape index (κ2) is 3.98. The minimum absolute atomic E-state index is 0.0549. The highest BCUT2D eigenvalue weighted by Gasteiger charge is 2.44. The van der Waals surface area contributed by atoms with Crippen LogP contribution in [0.3, 0.4) is 0 Å². The molecule has 0 bridgehead atoms. The van der Waals surface area contributed by atoms with Crippen molar-refractivity contribution in [3.8, 4) is 0 Å². The van der Waals surface area contributed by atoms with E-state index in [1.165, 1.54) is 0 Å². The number of carbonyl (C=O) groups excluding carboxylic acids is 2. The molecule has 5 nitrogen and oxygen atoms in total. The van der Waals surface area contributed by atoms with Gasteiger partial charge in [0.2, 0.25) is 0 Å². The van der Waals surface area contributed by atoms with Gasteiger partial charge in [0.1, 0.15) is 11.3 Å². The van der Waals surface area contributed by atoms with Gasteiger partial charge in [-0.05, 0) is 25.8 Å². The van der Waals surface area contributed by atoms with E-state index in [-0.39, 0.29) is 17.4 Å². The van der Waals surface area contributed by atoms with Gasteiger partial charge in [0.05, 0.1) is 0 Å². The normalized spacial score (nSPS) is 32.8. The van der Waals surface area contributed by atoms with Gasteiger partial charge >= 0.3 is 0 Å². The Morgan fingerprint density at radius 1 is 1.65 bits per heavy atom. The van der Waals surface area contributed by atoms with Crippen molar-refractivity contribution in [3.05, 3.63) is 11.6 Å². The van der Waals surface area contributed by atoms with Crippen LogP contribution in [0.15, 0.2) is 16.8 Å². The second-order valence-corrected chi connectivity index (χ2v) is 4.93. The summed E-state index contributed by atoms with van der Waals surface area (Å²) >= 11 is 0. The molecule has 0 fully saturated rings. The molecule has 17 heavy (non-hydrogen) atoms. The van der Waals surface area contributed by atoms with Crippen LogP contribution >= 0.6 is 0 Å². The molecule has 1 aliphatic heterocycles. The van der Waals surface area contributed by atoms with Crippen LogP contribution in [0.5, 0.6) is 0 Å². The lowest BCUT2D eigenvalue weighted by molar-refractivity contribution is -0.121. The van der Waals surface area contributed by atoms with Crippen molar-refractivity contribution >= 4 is 17.4 Å². The summed E-state index contributed by atoms with van der Waals surface area (Å²) in [7, 11) is 0. The van der Waals surface area contributed by atoms with Crippen LogP contribution in [0.2, 0.25) is 0 Å². The standard InChI is InChI=1S/C12H16N2O3/c1-7-3-4-8(5-10(7)15)12(2)6-9(11(13)16)14-17-12/h3,8H,4-6H2,1-2H3,(H2,13,16)/t8-,12?/m0/s1. The molecule has 0 saturated carbocycles. The Kier molecular flexibility index (Phi) is 2.77. The number of primary amides is 1. The summed E-state index contributed by atoms with van der Waals surface area (Å²) in [5.74, 6) is -0.361. The molecule has 1 amide bonds. The number of nitrogens with two attached hydrogens (primary N) is 1. The molecule has 0 aromatic carbocycles. The van der Waals surface area contributed by atoms with E-state index in [2.05, 4.69) is 5.16 Å². The first kappa shape index (κ1) is 11.8. The third-order valence-electron chi connectivity index (χ3n) is 3.61. The maximum atomic E-state index is 11.7. The van der Waals surface area contributed by atoms with Gasteiger partial charge in [-0.15, -0.1) is 0 Å². The highest BCUT2D eigenvalue weighted by molar-refractivity contribution is 6.38. The van der Waals surface area contributed by atoms with Crippen molar-refractivity contribution in [1.29, 1.82) is 0 Å². The fourth-order valence-electron chi connectivity index (χ4n) is 2.27. The van der Waals surface area contributed by atoms with Crippen molar-refractivity contribution < 1.29 is 14.4 Å². The second-order valence-electron chi connectivity index (χ2n) is 4.93. The van der Waals surface area contributed by atoms with Crippen molar-refractivity contribution in [2.45, 2.75) is 38.7 Å². The van der Waals surface area contributed by atoms with E-state index in [9.17, 15) is 9.59 Å². The first-order valence-corrected chi connectivity index (χ1v) is 5.67. The zero-order valence-corrected chi connectivity index (χ0v) is 10.0. The van der Waals surface area contributed by atoms with E-state index >= 15 is 0 Å². The number of nitrogens with zero attached hydrogens (tertiary/aromatic N) is 1. The van der Waals surface area contributed by atoms with Crippen LogP contribution in [-0.4, -0.2) is 23.0 Å². The highest BCUT2D eigenvalue weighted by Crippen LogP contribution is 2.38. The molecular weight excluding hydrogens is 220 g/mol. The quantitative estimate of drug-likeness (QED) is 0.774. The first-order valence-electron chi connectivity index (χ1n) is 5.67. The lowest BCUT2D eigenvalue weighted by Crippen LogP contribution is -2.39. The van der Waals surface area contributed by atoms with Gasteiger partial charge in [-0.2, -0.15) is 0 Å². The molecule has 0 aromatic heterocycles. The minimum atomic E-state index is -0.586. The predicted molar refractivity (Wildman–Crippen MR) is 62.2 cm³/mol. The SMILES string of the molecule is CC1=CC[C@H](C2(C)CC(C(N)=O)=NO2)CC1=O. The van der Waals surface area contributed by atoms with Crippen molar-refractivity contribution in [2.75, 3.05) is 0 Å². The maximum absolute atomic E-state index is 11.7. The lowest BCUT2D eigenvalue weighted by Gasteiger charge is -2.32. The van der Waals surface area contributed by atoms with Crippen molar-refractivity contribution in [2.24, 2.45) is 16.8 Å². The molecule has 5 heteroatoms. The first-order chi connectivity index (χ1) is 7.92. The van der Waals surface area contributed by atoms with E-state index in [0.717, 1.165) is 12.0 Å². The van der Waals surface area contributed by atoms with E-state index in [1.54, 1.807) is 0 Å². The minimum Gasteiger partial charge on any atom is -0.388 e. The van der Waals surface area contributed by atoms with Crippen LogP contribution in [0, 0.1) is 5.92 Å². The number of ketones is 1.